The number of hydrogen-bond donors (Lipinski definition) is 1. The molecular formula is C20H22N2O2. The summed E-state index contributed by atoms with van der Waals surface area (Å²) in [7, 11) is 0. The third-order valence-corrected chi connectivity index (χ3v) is 4.33. The van der Waals surface area contributed by atoms with Crippen LogP contribution in [-0.2, 0) is 22.4 Å². The highest BCUT2D eigenvalue weighted by molar-refractivity contribution is 5.96. The first-order valence-electron chi connectivity index (χ1n) is 8.34. The maximum absolute atomic E-state index is 12.2. The lowest BCUT2D eigenvalue weighted by atomic mass is 10.0. The average Bonchev–Trinajstić information content (AvgIpc) is 2.59. The number of anilines is 1. The summed E-state index contributed by atoms with van der Waals surface area (Å²) < 4.78 is 0. The molecule has 1 heterocycles. The van der Waals surface area contributed by atoms with Gasteiger partial charge in [-0.05, 0) is 30.5 Å². The first kappa shape index (κ1) is 16.2. The summed E-state index contributed by atoms with van der Waals surface area (Å²) in [5, 5.41) is 2.91. The zero-order chi connectivity index (χ0) is 16.9. The Morgan fingerprint density at radius 3 is 2.62 bits per heavy atom. The topological polar surface area (TPSA) is 49.4 Å². The van der Waals surface area contributed by atoms with Crippen LogP contribution < -0.4 is 10.2 Å². The van der Waals surface area contributed by atoms with Crippen molar-refractivity contribution in [2.75, 3.05) is 18.0 Å². The van der Waals surface area contributed by atoms with Crippen molar-refractivity contribution >= 4 is 17.5 Å². The molecule has 2 aromatic rings. The van der Waals surface area contributed by atoms with Gasteiger partial charge in [0.25, 0.3) is 0 Å². The summed E-state index contributed by atoms with van der Waals surface area (Å²) in [6.45, 7) is 3.00. The molecule has 2 amide bonds. The molecule has 1 N–H and O–H groups in total. The summed E-state index contributed by atoms with van der Waals surface area (Å²) >= 11 is 0. The number of carbonyl (C=O) groups is 2. The molecule has 0 saturated heterocycles. The van der Waals surface area contributed by atoms with E-state index in [2.05, 4.69) is 11.4 Å². The van der Waals surface area contributed by atoms with Crippen molar-refractivity contribution in [3.63, 3.8) is 0 Å². The third kappa shape index (κ3) is 3.82. The van der Waals surface area contributed by atoms with E-state index in [1.54, 1.807) is 4.90 Å². The minimum atomic E-state index is -0.0170. The second-order valence-corrected chi connectivity index (χ2v) is 6.19. The van der Waals surface area contributed by atoms with E-state index in [1.165, 1.54) is 11.1 Å². The number of fused-ring (bicyclic) bond motifs is 1. The van der Waals surface area contributed by atoms with Crippen LogP contribution in [0.4, 0.5) is 5.69 Å². The van der Waals surface area contributed by atoms with Crippen LogP contribution in [0.2, 0.25) is 0 Å². The van der Waals surface area contributed by atoms with E-state index in [0.29, 0.717) is 25.9 Å². The van der Waals surface area contributed by atoms with Crippen molar-refractivity contribution < 1.29 is 9.59 Å². The first-order chi connectivity index (χ1) is 11.6. The van der Waals surface area contributed by atoms with Crippen LogP contribution in [0.1, 0.15) is 23.1 Å². The Hall–Kier alpha value is -2.62. The van der Waals surface area contributed by atoms with Gasteiger partial charge < -0.3 is 10.2 Å². The van der Waals surface area contributed by atoms with Crippen molar-refractivity contribution in [3.05, 3.63) is 65.2 Å². The molecule has 1 aliphatic rings. The fourth-order valence-electron chi connectivity index (χ4n) is 3.00. The number of rotatable bonds is 5. The number of aryl methyl sites for hydroxylation is 2. The van der Waals surface area contributed by atoms with E-state index in [-0.39, 0.29) is 11.8 Å². The molecule has 0 saturated carbocycles. The lowest BCUT2D eigenvalue weighted by molar-refractivity contribution is -0.121. The van der Waals surface area contributed by atoms with E-state index in [0.717, 1.165) is 17.7 Å². The summed E-state index contributed by atoms with van der Waals surface area (Å²) in [5.74, 6) is 0.109. The van der Waals surface area contributed by atoms with E-state index < -0.39 is 0 Å². The standard InChI is InChI=1S/C20H22N2O2/c1-15-6-8-16(9-7-15)14-19(23)21-12-13-22-18-5-3-2-4-17(18)10-11-20(22)24/h2-9H,10-14H2,1H3,(H,21,23). The minimum absolute atomic E-state index is 0.0170. The molecule has 0 fully saturated rings. The maximum atomic E-state index is 12.2. The van der Waals surface area contributed by atoms with Crippen molar-refractivity contribution in [1.29, 1.82) is 0 Å². The molecule has 2 aromatic carbocycles. The Labute approximate surface area is 142 Å². The average molecular weight is 322 g/mol. The van der Waals surface area contributed by atoms with Crippen LogP contribution >= 0.6 is 0 Å². The molecule has 3 rings (SSSR count). The molecular weight excluding hydrogens is 300 g/mol. The first-order valence-corrected chi connectivity index (χ1v) is 8.34. The summed E-state index contributed by atoms with van der Waals surface area (Å²) in [6.07, 6.45) is 1.70. The molecule has 24 heavy (non-hydrogen) atoms. The Morgan fingerprint density at radius 1 is 1.08 bits per heavy atom. The van der Waals surface area contributed by atoms with Gasteiger partial charge in [0.05, 0.1) is 6.42 Å². The maximum Gasteiger partial charge on any atom is 0.227 e. The van der Waals surface area contributed by atoms with Crippen molar-refractivity contribution in [2.45, 2.75) is 26.2 Å². The lowest BCUT2D eigenvalue weighted by Gasteiger charge is -2.29. The molecule has 0 spiro atoms. The largest absolute Gasteiger partial charge is 0.354 e. The Kier molecular flexibility index (Phi) is 4.94. The molecule has 0 atom stereocenters. The molecule has 0 unspecified atom stereocenters. The zero-order valence-electron chi connectivity index (χ0n) is 13.9. The van der Waals surface area contributed by atoms with E-state index in [1.807, 2.05) is 49.4 Å². The molecule has 124 valence electrons. The Balaban J connectivity index is 1.53. The predicted octanol–water partition coefficient (Wildman–Crippen LogP) is 2.63. The van der Waals surface area contributed by atoms with Gasteiger partial charge in [0, 0.05) is 25.2 Å². The van der Waals surface area contributed by atoms with Crippen molar-refractivity contribution in [3.8, 4) is 0 Å². The number of benzene rings is 2. The van der Waals surface area contributed by atoms with Gasteiger partial charge in [-0.15, -0.1) is 0 Å². The lowest BCUT2D eigenvalue weighted by Crippen LogP contribution is -2.41. The number of hydrogen-bond acceptors (Lipinski definition) is 2. The van der Waals surface area contributed by atoms with E-state index in [9.17, 15) is 9.59 Å². The smallest absolute Gasteiger partial charge is 0.227 e. The molecule has 1 aliphatic heterocycles. The summed E-state index contributed by atoms with van der Waals surface area (Å²) in [5.41, 5.74) is 4.35. The van der Waals surface area contributed by atoms with Gasteiger partial charge in [0.15, 0.2) is 0 Å². The number of carbonyl (C=O) groups excluding carboxylic acids is 2. The van der Waals surface area contributed by atoms with Crippen LogP contribution in [0.15, 0.2) is 48.5 Å². The van der Waals surface area contributed by atoms with Gasteiger partial charge in [0.2, 0.25) is 11.8 Å². The van der Waals surface area contributed by atoms with Gasteiger partial charge in [-0.25, -0.2) is 0 Å². The second kappa shape index (κ2) is 7.30. The summed E-state index contributed by atoms with van der Waals surface area (Å²) in [4.78, 5) is 26.0. The van der Waals surface area contributed by atoms with E-state index in [4.69, 9.17) is 0 Å². The van der Waals surface area contributed by atoms with Crippen LogP contribution in [0, 0.1) is 6.92 Å². The minimum Gasteiger partial charge on any atom is -0.354 e. The Bertz CT molecular complexity index is 738. The number of nitrogens with one attached hydrogen (secondary N) is 1. The van der Waals surface area contributed by atoms with E-state index >= 15 is 0 Å². The Morgan fingerprint density at radius 2 is 1.83 bits per heavy atom. The molecule has 0 aliphatic carbocycles. The second-order valence-electron chi connectivity index (χ2n) is 6.19. The molecule has 0 radical (unpaired) electrons. The quantitative estimate of drug-likeness (QED) is 0.920. The van der Waals surface area contributed by atoms with Gasteiger partial charge in [0.1, 0.15) is 0 Å². The SMILES string of the molecule is Cc1ccc(CC(=O)NCCN2C(=O)CCc3ccccc32)cc1. The third-order valence-electron chi connectivity index (χ3n) is 4.33. The fourth-order valence-corrected chi connectivity index (χ4v) is 3.00. The highest BCUT2D eigenvalue weighted by Gasteiger charge is 2.23. The monoisotopic (exact) mass is 322 g/mol. The van der Waals surface area contributed by atoms with Crippen LogP contribution in [0.25, 0.3) is 0 Å². The zero-order valence-corrected chi connectivity index (χ0v) is 13.9. The molecule has 4 heteroatoms. The van der Waals surface area contributed by atoms with Gasteiger partial charge in [-0.1, -0.05) is 48.0 Å². The van der Waals surface area contributed by atoms with Gasteiger partial charge in [-0.3, -0.25) is 9.59 Å². The highest BCUT2D eigenvalue weighted by Crippen LogP contribution is 2.26. The molecule has 0 aromatic heterocycles. The number of amides is 2. The van der Waals surface area contributed by atoms with Crippen LogP contribution in [0.5, 0.6) is 0 Å². The normalized spacial score (nSPS) is 13.5. The fraction of sp³-hybridized carbons (Fsp3) is 0.300. The van der Waals surface area contributed by atoms with Gasteiger partial charge in [-0.2, -0.15) is 0 Å². The van der Waals surface area contributed by atoms with Gasteiger partial charge >= 0.3 is 0 Å². The van der Waals surface area contributed by atoms with Crippen LogP contribution in [0.3, 0.4) is 0 Å². The van der Waals surface area contributed by atoms with Crippen molar-refractivity contribution in [1.82, 2.24) is 5.32 Å². The number of para-hydroxylation sites is 1. The summed E-state index contributed by atoms with van der Waals surface area (Å²) in [6, 6.07) is 15.9. The van der Waals surface area contributed by atoms with Crippen molar-refractivity contribution in [2.24, 2.45) is 0 Å². The van der Waals surface area contributed by atoms with Crippen LogP contribution in [-0.4, -0.2) is 24.9 Å². The number of nitrogens with zero attached hydrogens (tertiary/aromatic N) is 1. The highest BCUT2D eigenvalue weighted by atomic mass is 16.2. The molecule has 4 nitrogen and oxygen atoms in total. The molecule has 0 bridgehead atoms. The predicted molar refractivity (Wildman–Crippen MR) is 95.0 cm³/mol.